The van der Waals surface area contributed by atoms with E-state index in [9.17, 15) is 13.6 Å². The smallest absolute Gasteiger partial charge is 0.330 e. The molecule has 1 heterocycles. The average Bonchev–Trinajstić information content (AvgIpc) is 2.16. The average molecular weight is 240 g/mol. The molecule has 0 bridgehead atoms. The third-order valence-electron chi connectivity index (χ3n) is 1.67. The molecule has 0 fully saturated rings. The Morgan fingerprint density at radius 2 is 2.47 bits per heavy atom. The number of hydrogen-bond donors (Lipinski definition) is 1. The molecule has 0 saturated carbocycles. The standard InChI is InChI=1S/C8H8ClF2NO3/c9-8(7(13)14)2-1-6(12-4-8)15-3-5(10)11/h1-2,5H,3-4H2,(H,13,14). The first-order chi connectivity index (χ1) is 6.94. The van der Waals surface area contributed by atoms with Gasteiger partial charge >= 0.3 is 5.97 Å². The van der Waals surface area contributed by atoms with Gasteiger partial charge in [-0.1, -0.05) is 11.6 Å². The Labute approximate surface area is 89.2 Å². The maximum atomic E-state index is 11.7. The Morgan fingerprint density at radius 3 is 2.87 bits per heavy atom. The maximum absolute atomic E-state index is 11.7. The summed E-state index contributed by atoms with van der Waals surface area (Å²) in [5.41, 5.74) is 0. The van der Waals surface area contributed by atoms with Gasteiger partial charge in [0.25, 0.3) is 6.43 Å². The molecular weight excluding hydrogens is 232 g/mol. The second kappa shape index (κ2) is 4.57. The minimum Gasteiger partial charge on any atom is -0.480 e. The normalized spacial score (nSPS) is 25.2. The van der Waals surface area contributed by atoms with Crippen LogP contribution in [0.15, 0.2) is 17.1 Å². The Balaban J connectivity index is 2.53. The van der Waals surface area contributed by atoms with Gasteiger partial charge in [0, 0.05) is 0 Å². The number of ether oxygens (including phenoxy) is 1. The lowest BCUT2D eigenvalue weighted by Gasteiger charge is -2.19. The predicted octanol–water partition coefficient (Wildman–Crippen LogP) is 1.30. The van der Waals surface area contributed by atoms with E-state index in [0.717, 1.165) is 6.08 Å². The summed E-state index contributed by atoms with van der Waals surface area (Å²) in [6, 6.07) is 0. The van der Waals surface area contributed by atoms with Crippen LogP contribution in [0.3, 0.4) is 0 Å². The van der Waals surface area contributed by atoms with E-state index in [1.165, 1.54) is 6.08 Å². The number of hydrogen-bond acceptors (Lipinski definition) is 3. The van der Waals surface area contributed by atoms with Crippen LogP contribution in [0.4, 0.5) is 8.78 Å². The lowest BCUT2D eigenvalue weighted by molar-refractivity contribution is -0.138. The molecule has 0 radical (unpaired) electrons. The van der Waals surface area contributed by atoms with Crippen LogP contribution in [-0.2, 0) is 9.53 Å². The molecule has 1 atom stereocenters. The van der Waals surface area contributed by atoms with Gasteiger partial charge in [0.2, 0.25) is 5.90 Å². The lowest BCUT2D eigenvalue weighted by Crippen LogP contribution is -2.36. The SMILES string of the molecule is O=C(O)C1(Cl)C=CC(OCC(F)F)=NC1. The fourth-order valence-corrected chi connectivity index (χ4v) is 1.01. The number of carboxylic acid groups (broad SMARTS) is 1. The van der Waals surface area contributed by atoms with Gasteiger partial charge in [0.05, 0.1) is 6.54 Å². The van der Waals surface area contributed by atoms with Crippen molar-refractivity contribution < 1.29 is 23.4 Å². The van der Waals surface area contributed by atoms with E-state index in [-0.39, 0.29) is 12.4 Å². The van der Waals surface area contributed by atoms with Crippen molar-refractivity contribution in [1.29, 1.82) is 0 Å². The number of aliphatic imine (C=N–C) groups is 1. The summed E-state index contributed by atoms with van der Waals surface area (Å²) in [4.78, 5) is 12.7. The van der Waals surface area contributed by atoms with Crippen molar-refractivity contribution in [1.82, 2.24) is 0 Å². The highest BCUT2D eigenvalue weighted by Crippen LogP contribution is 2.21. The van der Waals surface area contributed by atoms with Crippen LogP contribution < -0.4 is 0 Å². The van der Waals surface area contributed by atoms with Crippen LogP contribution in [0.1, 0.15) is 0 Å². The highest BCUT2D eigenvalue weighted by Gasteiger charge is 2.35. The molecule has 1 aliphatic rings. The molecule has 1 rings (SSSR count). The number of carbonyl (C=O) groups is 1. The summed E-state index contributed by atoms with van der Waals surface area (Å²) < 4.78 is 28.1. The van der Waals surface area contributed by atoms with E-state index in [4.69, 9.17) is 16.7 Å². The molecule has 0 aromatic rings. The number of halogens is 3. The van der Waals surface area contributed by atoms with E-state index >= 15 is 0 Å². The van der Waals surface area contributed by atoms with Crippen LogP contribution in [0.5, 0.6) is 0 Å². The predicted molar refractivity (Wildman–Crippen MR) is 49.6 cm³/mol. The van der Waals surface area contributed by atoms with E-state index in [1.807, 2.05) is 0 Å². The molecule has 0 amide bonds. The van der Waals surface area contributed by atoms with E-state index in [2.05, 4.69) is 9.73 Å². The summed E-state index contributed by atoms with van der Waals surface area (Å²) in [6.07, 6.45) is -0.263. The molecule has 1 unspecified atom stereocenters. The third-order valence-corrected chi connectivity index (χ3v) is 2.08. The number of dihydropyridines is 1. The zero-order valence-electron chi connectivity index (χ0n) is 7.49. The van der Waals surface area contributed by atoms with Crippen molar-refractivity contribution in [3.05, 3.63) is 12.2 Å². The first-order valence-corrected chi connectivity index (χ1v) is 4.39. The Bertz CT molecular complexity index is 319. The van der Waals surface area contributed by atoms with Gasteiger partial charge in [-0.05, 0) is 12.2 Å². The van der Waals surface area contributed by atoms with Gasteiger partial charge in [-0.3, -0.25) is 0 Å². The van der Waals surface area contributed by atoms with Gasteiger partial charge in [0.1, 0.15) is 0 Å². The molecule has 0 saturated heterocycles. The van der Waals surface area contributed by atoms with E-state index in [0.29, 0.717) is 0 Å². The van der Waals surface area contributed by atoms with Gasteiger partial charge < -0.3 is 9.84 Å². The fraction of sp³-hybridized carbons (Fsp3) is 0.500. The number of rotatable bonds is 3. The van der Waals surface area contributed by atoms with Gasteiger partial charge in [0.15, 0.2) is 11.5 Å². The molecule has 84 valence electrons. The van der Waals surface area contributed by atoms with Crippen molar-refractivity contribution in [2.24, 2.45) is 4.99 Å². The number of nitrogens with zero attached hydrogens (tertiary/aromatic N) is 1. The highest BCUT2D eigenvalue weighted by molar-refractivity contribution is 6.36. The van der Waals surface area contributed by atoms with Crippen molar-refractivity contribution >= 4 is 23.5 Å². The molecule has 4 nitrogen and oxygen atoms in total. The summed E-state index contributed by atoms with van der Waals surface area (Å²) in [6.45, 7) is -1.01. The molecule has 0 aromatic heterocycles. The first-order valence-electron chi connectivity index (χ1n) is 4.01. The molecule has 0 spiro atoms. The van der Waals surface area contributed by atoms with Crippen molar-refractivity contribution in [3.63, 3.8) is 0 Å². The lowest BCUT2D eigenvalue weighted by atomic mass is 10.1. The molecular formula is C8H8ClF2NO3. The zero-order chi connectivity index (χ0) is 11.5. The summed E-state index contributed by atoms with van der Waals surface area (Å²) in [5.74, 6) is -1.27. The van der Waals surface area contributed by atoms with E-state index < -0.39 is 23.9 Å². The zero-order valence-corrected chi connectivity index (χ0v) is 8.25. The van der Waals surface area contributed by atoms with Gasteiger partial charge in [-0.15, -0.1) is 0 Å². The van der Waals surface area contributed by atoms with Crippen molar-refractivity contribution in [3.8, 4) is 0 Å². The number of alkyl halides is 3. The van der Waals surface area contributed by atoms with Gasteiger partial charge in [-0.25, -0.2) is 18.6 Å². The molecule has 1 aliphatic heterocycles. The molecule has 7 heteroatoms. The highest BCUT2D eigenvalue weighted by atomic mass is 35.5. The minimum atomic E-state index is -2.59. The number of carboxylic acids is 1. The van der Waals surface area contributed by atoms with Crippen molar-refractivity contribution in [2.45, 2.75) is 11.3 Å². The van der Waals surface area contributed by atoms with Crippen LogP contribution in [0.25, 0.3) is 0 Å². The fourth-order valence-electron chi connectivity index (χ4n) is 0.883. The molecule has 0 aliphatic carbocycles. The van der Waals surface area contributed by atoms with Crippen LogP contribution in [-0.4, -0.2) is 41.4 Å². The molecule has 15 heavy (non-hydrogen) atoms. The summed E-state index contributed by atoms with van der Waals surface area (Å²) >= 11 is 5.64. The van der Waals surface area contributed by atoms with Crippen molar-refractivity contribution in [2.75, 3.05) is 13.2 Å². The quantitative estimate of drug-likeness (QED) is 0.755. The van der Waals surface area contributed by atoms with Crippen LogP contribution in [0.2, 0.25) is 0 Å². The number of aliphatic carboxylic acids is 1. The monoisotopic (exact) mass is 239 g/mol. The minimum absolute atomic E-state index is 0.0344. The summed E-state index contributed by atoms with van der Waals surface area (Å²) in [5, 5.41) is 8.69. The largest absolute Gasteiger partial charge is 0.480 e. The third kappa shape index (κ3) is 3.16. The van der Waals surface area contributed by atoms with Crippen LogP contribution in [0, 0.1) is 0 Å². The first kappa shape index (κ1) is 11.9. The van der Waals surface area contributed by atoms with Gasteiger partial charge in [-0.2, -0.15) is 0 Å². The topological polar surface area (TPSA) is 58.9 Å². The maximum Gasteiger partial charge on any atom is 0.330 e. The second-order valence-corrected chi connectivity index (χ2v) is 3.53. The summed E-state index contributed by atoms with van der Waals surface area (Å²) in [7, 11) is 0. The van der Waals surface area contributed by atoms with E-state index in [1.54, 1.807) is 0 Å². The molecule has 0 aromatic carbocycles. The second-order valence-electron chi connectivity index (χ2n) is 2.86. The Kier molecular flexibility index (Phi) is 3.62. The van der Waals surface area contributed by atoms with Crippen LogP contribution >= 0.6 is 11.6 Å². The molecule has 1 N–H and O–H groups in total. The Morgan fingerprint density at radius 1 is 1.80 bits per heavy atom. The Hall–Kier alpha value is -1.17.